The summed E-state index contributed by atoms with van der Waals surface area (Å²) >= 11 is 0. The summed E-state index contributed by atoms with van der Waals surface area (Å²) in [6.45, 7) is 3.08. The van der Waals surface area contributed by atoms with Gasteiger partial charge < -0.3 is 9.88 Å². The second-order valence-corrected chi connectivity index (χ2v) is 3.77. The lowest BCUT2D eigenvalue weighted by Crippen LogP contribution is -2.06. The van der Waals surface area contributed by atoms with Gasteiger partial charge in [0.2, 0.25) is 0 Å². The van der Waals surface area contributed by atoms with Crippen LogP contribution in [0.4, 0.5) is 0 Å². The molecule has 0 spiro atoms. The predicted octanol–water partition coefficient (Wildman–Crippen LogP) is 2.21. The lowest BCUT2D eigenvalue weighted by molar-refractivity contribution is 0.815. The second kappa shape index (κ2) is 3.46. The molecule has 0 aliphatic heterocycles. The zero-order chi connectivity index (χ0) is 10.1. The maximum absolute atomic E-state index is 3.20. The van der Waals surface area contributed by atoms with Gasteiger partial charge in [0, 0.05) is 25.2 Å². The Hall–Kier alpha value is -1.28. The van der Waals surface area contributed by atoms with E-state index in [1.165, 1.54) is 22.0 Å². The average Bonchev–Trinajstić information content (AvgIpc) is 2.44. The van der Waals surface area contributed by atoms with Gasteiger partial charge in [0.05, 0.1) is 5.52 Å². The molecule has 0 amide bonds. The van der Waals surface area contributed by atoms with E-state index < -0.39 is 0 Å². The Labute approximate surface area is 84.5 Å². The summed E-state index contributed by atoms with van der Waals surface area (Å²) in [5.74, 6) is 0. The molecule has 1 N–H and O–H groups in total. The fourth-order valence-electron chi connectivity index (χ4n) is 2.08. The smallest absolute Gasteiger partial charge is 0.0526 e. The Morgan fingerprint density at radius 1 is 1.36 bits per heavy atom. The van der Waals surface area contributed by atoms with Gasteiger partial charge in [-0.25, -0.2) is 0 Å². The summed E-state index contributed by atoms with van der Waals surface area (Å²) in [7, 11) is 4.09. The van der Waals surface area contributed by atoms with Gasteiger partial charge in [0.1, 0.15) is 0 Å². The molecule has 2 heteroatoms. The van der Waals surface area contributed by atoms with Crippen LogP contribution in [0.15, 0.2) is 24.4 Å². The first-order valence-electron chi connectivity index (χ1n) is 4.92. The Balaban J connectivity index is 2.72. The van der Waals surface area contributed by atoms with Crippen molar-refractivity contribution in [3.05, 3.63) is 35.5 Å². The molecule has 0 saturated carbocycles. The van der Waals surface area contributed by atoms with Crippen molar-refractivity contribution in [3.63, 3.8) is 0 Å². The van der Waals surface area contributed by atoms with E-state index in [9.17, 15) is 0 Å². The molecule has 14 heavy (non-hydrogen) atoms. The van der Waals surface area contributed by atoms with Crippen molar-refractivity contribution in [2.45, 2.75) is 13.5 Å². The van der Waals surface area contributed by atoms with Crippen molar-refractivity contribution in [2.24, 2.45) is 7.05 Å². The van der Waals surface area contributed by atoms with Gasteiger partial charge in [-0.15, -0.1) is 0 Å². The summed E-state index contributed by atoms with van der Waals surface area (Å²) < 4.78 is 2.21. The molecule has 0 aliphatic carbocycles. The second-order valence-electron chi connectivity index (χ2n) is 3.77. The molecule has 0 aliphatic rings. The van der Waals surface area contributed by atoms with Crippen LogP contribution < -0.4 is 5.32 Å². The predicted molar refractivity (Wildman–Crippen MR) is 60.4 cm³/mol. The number of nitrogens with one attached hydrogen (secondary N) is 1. The van der Waals surface area contributed by atoms with E-state index in [2.05, 4.69) is 48.3 Å². The van der Waals surface area contributed by atoms with Crippen LogP contribution in [0, 0.1) is 6.92 Å². The third kappa shape index (κ3) is 1.32. The minimum Gasteiger partial charge on any atom is -0.350 e. The van der Waals surface area contributed by atoms with Gasteiger partial charge in [-0.3, -0.25) is 0 Å². The van der Waals surface area contributed by atoms with Crippen LogP contribution in [0.5, 0.6) is 0 Å². The Morgan fingerprint density at radius 3 is 2.86 bits per heavy atom. The van der Waals surface area contributed by atoms with Crippen LogP contribution in [-0.2, 0) is 13.6 Å². The van der Waals surface area contributed by atoms with E-state index in [-0.39, 0.29) is 0 Å². The highest BCUT2D eigenvalue weighted by atomic mass is 14.9. The normalized spacial score (nSPS) is 11.1. The average molecular weight is 188 g/mol. The first kappa shape index (κ1) is 9.28. The molecule has 0 unspecified atom stereocenters. The lowest BCUT2D eigenvalue weighted by Gasteiger charge is -2.05. The molecule has 1 aromatic heterocycles. The van der Waals surface area contributed by atoms with Crippen LogP contribution in [-0.4, -0.2) is 11.6 Å². The molecule has 0 fully saturated rings. The molecular formula is C12H16N2. The number of para-hydroxylation sites is 1. The van der Waals surface area contributed by atoms with E-state index in [0.717, 1.165) is 6.54 Å². The monoisotopic (exact) mass is 188 g/mol. The number of nitrogens with zero attached hydrogens (tertiary/aromatic N) is 1. The molecule has 0 radical (unpaired) electrons. The van der Waals surface area contributed by atoms with Crippen molar-refractivity contribution in [2.75, 3.05) is 7.05 Å². The third-order valence-corrected chi connectivity index (χ3v) is 2.65. The van der Waals surface area contributed by atoms with Crippen LogP contribution in [0.2, 0.25) is 0 Å². The molecule has 74 valence electrons. The van der Waals surface area contributed by atoms with Crippen molar-refractivity contribution >= 4 is 10.9 Å². The largest absolute Gasteiger partial charge is 0.350 e. The van der Waals surface area contributed by atoms with E-state index in [1.807, 2.05) is 7.05 Å². The molecule has 2 aromatic rings. The van der Waals surface area contributed by atoms with Gasteiger partial charge in [0.15, 0.2) is 0 Å². The quantitative estimate of drug-likeness (QED) is 0.764. The Kier molecular flexibility index (Phi) is 2.30. The minimum absolute atomic E-state index is 0.925. The SMILES string of the molecule is CNCc1cccc2c(C)cn(C)c12. The molecule has 2 rings (SSSR count). The van der Waals surface area contributed by atoms with Crippen LogP contribution >= 0.6 is 0 Å². The van der Waals surface area contributed by atoms with Crippen LogP contribution in [0.1, 0.15) is 11.1 Å². The molecule has 0 saturated heterocycles. The van der Waals surface area contributed by atoms with Crippen LogP contribution in [0.25, 0.3) is 10.9 Å². The summed E-state index contributed by atoms with van der Waals surface area (Å²) in [6.07, 6.45) is 2.18. The Morgan fingerprint density at radius 2 is 2.14 bits per heavy atom. The van der Waals surface area contributed by atoms with Crippen molar-refractivity contribution in [1.29, 1.82) is 0 Å². The first-order valence-corrected chi connectivity index (χ1v) is 4.92. The van der Waals surface area contributed by atoms with E-state index in [0.29, 0.717) is 0 Å². The molecule has 0 bridgehead atoms. The van der Waals surface area contributed by atoms with E-state index >= 15 is 0 Å². The third-order valence-electron chi connectivity index (χ3n) is 2.65. The topological polar surface area (TPSA) is 17.0 Å². The number of hydrogen-bond donors (Lipinski definition) is 1. The molecular weight excluding hydrogens is 172 g/mol. The van der Waals surface area contributed by atoms with Gasteiger partial charge in [-0.1, -0.05) is 18.2 Å². The highest BCUT2D eigenvalue weighted by Gasteiger charge is 2.06. The number of aromatic nitrogens is 1. The zero-order valence-corrected chi connectivity index (χ0v) is 8.96. The summed E-state index contributed by atoms with van der Waals surface area (Å²) in [5.41, 5.74) is 4.06. The molecule has 1 heterocycles. The molecule has 1 aromatic carbocycles. The summed E-state index contributed by atoms with van der Waals surface area (Å²) in [6, 6.07) is 6.49. The maximum Gasteiger partial charge on any atom is 0.0526 e. The number of benzene rings is 1. The van der Waals surface area contributed by atoms with E-state index in [1.54, 1.807) is 0 Å². The summed E-state index contributed by atoms with van der Waals surface area (Å²) in [5, 5.41) is 4.56. The number of fused-ring (bicyclic) bond motifs is 1. The number of hydrogen-bond acceptors (Lipinski definition) is 1. The number of aryl methyl sites for hydroxylation is 2. The Bertz CT molecular complexity index is 455. The van der Waals surface area contributed by atoms with Gasteiger partial charge in [-0.05, 0) is 25.1 Å². The first-order chi connectivity index (χ1) is 6.74. The maximum atomic E-state index is 3.20. The fraction of sp³-hybridized carbons (Fsp3) is 0.333. The lowest BCUT2D eigenvalue weighted by atomic mass is 10.1. The van der Waals surface area contributed by atoms with Gasteiger partial charge >= 0.3 is 0 Å². The molecule has 0 atom stereocenters. The fourth-order valence-corrected chi connectivity index (χ4v) is 2.08. The van der Waals surface area contributed by atoms with Crippen LogP contribution in [0.3, 0.4) is 0 Å². The van der Waals surface area contributed by atoms with Crippen molar-refractivity contribution < 1.29 is 0 Å². The molecule has 2 nitrogen and oxygen atoms in total. The minimum atomic E-state index is 0.925. The highest BCUT2D eigenvalue weighted by molar-refractivity contribution is 5.86. The highest BCUT2D eigenvalue weighted by Crippen LogP contribution is 2.23. The van der Waals surface area contributed by atoms with Gasteiger partial charge in [0.25, 0.3) is 0 Å². The standard InChI is InChI=1S/C12H16N2/c1-9-8-14(3)12-10(7-13-2)5-4-6-11(9)12/h4-6,8,13H,7H2,1-3H3. The number of rotatable bonds is 2. The van der Waals surface area contributed by atoms with E-state index in [4.69, 9.17) is 0 Å². The zero-order valence-electron chi connectivity index (χ0n) is 8.96. The summed E-state index contributed by atoms with van der Waals surface area (Å²) in [4.78, 5) is 0. The van der Waals surface area contributed by atoms with Gasteiger partial charge in [-0.2, -0.15) is 0 Å². The van der Waals surface area contributed by atoms with Crippen molar-refractivity contribution in [1.82, 2.24) is 9.88 Å². The van der Waals surface area contributed by atoms with Crippen molar-refractivity contribution in [3.8, 4) is 0 Å².